The highest BCUT2D eigenvalue weighted by molar-refractivity contribution is 8.00. The van der Waals surface area contributed by atoms with Crippen LogP contribution in [0, 0.1) is 5.82 Å². The second-order valence-electron chi connectivity index (χ2n) is 3.36. The quantitative estimate of drug-likeness (QED) is 0.781. The Balaban J connectivity index is 2.95. The molecule has 0 aliphatic heterocycles. The number of rotatable bonds is 5. The molecule has 1 rings (SSSR count). The molecule has 0 amide bonds. The van der Waals surface area contributed by atoms with Crippen molar-refractivity contribution in [1.29, 1.82) is 0 Å². The van der Waals surface area contributed by atoms with Gasteiger partial charge < -0.3 is 10.2 Å². The van der Waals surface area contributed by atoms with Gasteiger partial charge in [0, 0.05) is 16.8 Å². The number of carboxylic acid groups (broad SMARTS) is 1. The monoisotopic (exact) mass is 244 g/mol. The van der Waals surface area contributed by atoms with E-state index in [2.05, 4.69) is 0 Å². The third-order valence-electron chi connectivity index (χ3n) is 2.05. The summed E-state index contributed by atoms with van der Waals surface area (Å²) in [6.07, 6.45) is 0.542. The van der Waals surface area contributed by atoms with Crippen molar-refractivity contribution in [3.63, 3.8) is 0 Å². The third kappa shape index (κ3) is 3.21. The molecular weight excluding hydrogens is 231 g/mol. The summed E-state index contributed by atoms with van der Waals surface area (Å²) in [7, 11) is 0. The van der Waals surface area contributed by atoms with Crippen molar-refractivity contribution in [2.75, 3.05) is 6.61 Å². The SMILES string of the molecule is CC(CCO)Sc1cccc(F)c1C(=O)O. The van der Waals surface area contributed by atoms with E-state index in [1.165, 1.54) is 17.8 Å². The Hall–Kier alpha value is -1.07. The Kier molecular flexibility index (Phi) is 4.76. The van der Waals surface area contributed by atoms with Gasteiger partial charge in [-0.25, -0.2) is 9.18 Å². The maximum atomic E-state index is 13.3. The van der Waals surface area contributed by atoms with E-state index in [1.807, 2.05) is 6.92 Å². The lowest BCUT2D eigenvalue weighted by atomic mass is 10.2. The number of carbonyl (C=O) groups is 1. The molecular formula is C11H13FO3S. The minimum absolute atomic E-state index is 0.0336. The Morgan fingerprint density at radius 3 is 2.81 bits per heavy atom. The zero-order valence-corrected chi connectivity index (χ0v) is 9.63. The zero-order valence-electron chi connectivity index (χ0n) is 8.81. The second kappa shape index (κ2) is 5.86. The minimum Gasteiger partial charge on any atom is -0.478 e. The fraction of sp³-hybridized carbons (Fsp3) is 0.364. The number of aliphatic hydroxyl groups excluding tert-OH is 1. The number of benzene rings is 1. The Bertz CT molecular complexity index is 381. The Labute approximate surface area is 97.3 Å². The fourth-order valence-electron chi connectivity index (χ4n) is 1.27. The number of halogens is 1. The molecule has 0 aliphatic carbocycles. The molecule has 2 N–H and O–H groups in total. The van der Waals surface area contributed by atoms with Crippen LogP contribution in [0.4, 0.5) is 4.39 Å². The minimum atomic E-state index is -1.27. The first kappa shape index (κ1) is 13.0. The number of thioether (sulfide) groups is 1. The van der Waals surface area contributed by atoms with Crippen LogP contribution in [0.15, 0.2) is 23.1 Å². The third-order valence-corrected chi connectivity index (χ3v) is 3.29. The van der Waals surface area contributed by atoms with Crippen LogP contribution in [-0.4, -0.2) is 28.0 Å². The molecule has 1 unspecified atom stereocenters. The highest BCUT2D eigenvalue weighted by Gasteiger charge is 2.17. The van der Waals surface area contributed by atoms with Crippen LogP contribution in [-0.2, 0) is 0 Å². The fourth-order valence-corrected chi connectivity index (χ4v) is 2.38. The lowest BCUT2D eigenvalue weighted by molar-refractivity contribution is 0.0688. The maximum absolute atomic E-state index is 13.3. The summed E-state index contributed by atoms with van der Waals surface area (Å²) in [6, 6.07) is 4.19. The van der Waals surface area contributed by atoms with Gasteiger partial charge in [0.15, 0.2) is 0 Å². The second-order valence-corrected chi connectivity index (χ2v) is 4.84. The topological polar surface area (TPSA) is 57.5 Å². The average Bonchev–Trinajstić information content (AvgIpc) is 2.17. The van der Waals surface area contributed by atoms with Gasteiger partial charge in [-0.3, -0.25) is 0 Å². The van der Waals surface area contributed by atoms with Crippen molar-refractivity contribution in [3.05, 3.63) is 29.6 Å². The van der Waals surface area contributed by atoms with Crippen molar-refractivity contribution in [1.82, 2.24) is 0 Å². The summed E-state index contributed by atoms with van der Waals surface area (Å²) in [6.45, 7) is 1.89. The van der Waals surface area contributed by atoms with Gasteiger partial charge in [-0.15, -0.1) is 11.8 Å². The van der Waals surface area contributed by atoms with Gasteiger partial charge in [0.1, 0.15) is 11.4 Å². The normalized spacial score (nSPS) is 12.4. The first-order valence-electron chi connectivity index (χ1n) is 4.85. The van der Waals surface area contributed by atoms with Crippen LogP contribution in [0.3, 0.4) is 0 Å². The van der Waals surface area contributed by atoms with Crippen molar-refractivity contribution >= 4 is 17.7 Å². The predicted molar refractivity (Wildman–Crippen MR) is 60.4 cm³/mol. The van der Waals surface area contributed by atoms with E-state index < -0.39 is 11.8 Å². The largest absolute Gasteiger partial charge is 0.478 e. The highest BCUT2D eigenvalue weighted by atomic mass is 32.2. The van der Waals surface area contributed by atoms with Gasteiger partial charge in [-0.2, -0.15) is 0 Å². The van der Waals surface area contributed by atoms with Gasteiger partial charge in [0.25, 0.3) is 0 Å². The summed E-state index contributed by atoms with van der Waals surface area (Å²) >= 11 is 1.26. The van der Waals surface area contributed by atoms with E-state index in [0.717, 1.165) is 6.07 Å². The lowest BCUT2D eigenvalue weighted by Gasteiger charge is -2.11. The van der Waals surface area contributed by atoms with Crippen molar-refractivity contribution in [2.45, 2.75) is 23.5 Å². The van der Waals surface area contributed by atoms with Crippen molar-refractivity contribution in [2.24, 2.45) is 0 Å². The molecule has 0 aliphatic rings. The van der Waals surface area contributed by atoms with Crippen LogP contribution in [0.2, 0.25) is 0 Å². The van der Waals surface area contributed by atoms with Crippen LogP contribution >= 0.6 is 11.8 Å². The first-order chi connectivity index (χ1) is 7.56. The van der Waals surface area contributed by atoms with Crippen molar-refractivity contribution < 1.29 is 19.4 Å². The summed E-state index contributed by atoms with van der Waals surface area (Å²) < 4.78 is 13.3. The van der Waals surface area contributed by atoms with Gasteiger partial charge in [0.05, 0.1) is 0 Å². The molecule has 3 nitrogen and oxygen atoms in total. The van der Waals surface area contributed by atoms with E-state index in [4.69, 9.17) is 10.2 Å². The van der Waals surface area contributed by atoms with Gasteiger partial charge in [-0.05, 0) is 18.6 Å². The molecule has 0 radical (unpaired) electrons. The van der Waals surface area contributed by atoms with E-state index >= 15 is 0 Å². The van der Waals surface area contributed by atoms with E-state index in [9.17, 15) is 9.18 Å². The molecule has 0 bridgehead atoms. The van der Waals surface area contributed by atoms with E-state index in [0.29, 0.717) is 11.3 Å². The number of aliphatic hydroxyl groups is 1. The molecule has 0 heterocycles. The molecule has 0 saturated carbocycles. The molecule has 0 spiro atoms. The Morgan fingerprint density at radius 1 is 1.56 bits per heavy atom. The molecule has 5 heteroatoms. The average molecular weight is 244 g/mol. The van der Waals surface area contributed by atoms with Gasteiger partial charge in [0.2, 0.25) is 0 Å². The summed E-state index contributed by atoms with van der Waals surface area (Å²) in [4.78, 5) is 11.3. The maximum Gasteiger partial charge on any atom is 0.339 e. The van der Waals surface area contributed by atoms with Crippen LogP contribution in [0.25, 0.3) is 0 Å². The van der Waals surface area contributed by atoms with E-state index in [-0.39, 0.29) is 17.4 Å². The molecule has 1 atom stereocenters. The molecule has 88 valence electrons. The molecule has 1 aromatic rings. The summed E-state index contributed by atoms with van der Waals surface area (Å²) in [5.41, 5.74) is -0.294. The predicted octanol–water partition coefficient (Wildman–Crippen LogP) is 2.39. The number of carboxylic acids is 1. The number of hydrogen-bond donors (Lipinski definition) is 2. The van der Waals surface area contributed by atoms with Crippen LogP contribution in [0.5, 0.6) is 0 Å². The molecule has 0 saturated heterocycles. The number of hydrogen-bond acceptors (Lipinski definition) is 3. The molecule has 16 heavy (non-hydrogen) atoms. The summed E-state index contributed by atoms with van der Waals surface area (Å²) in [5, 5.41) is 17.7. The van der Waals surface area contributed by atoms with Crippen molar-refractivity contribution in [3.8, 4) is 0 Å². The zero-order chi connectivity index (χ0) is 12.1. The van der Waals surface area contributed by atoms with Crippen LogP contribution in [0.1, 0.15) is 23.7 Å². The Morgan fingerprint density at radius 2 is 2.25 bits per heavy atom. The highest BCUT2D eigenvalue weighted by Crippen LogP contribution is 2.29. The molecule has 0 fully saturated rings. The van der Waals surface area contributed by atoms with Gasteiger partial charge in [-0.1, -0.05) is 13.0 Å². The molecule has 0 aromatic heterocycles. The van der Waals surface area contributed by atoms with Crippen LogP contribution < -0.4 is 0 Å². The number of aromatic carboxylic acids is 1. The smallest absolute Gasteiger partial charge is 0.339 e. The summed E-state index contributed by atoms with van der Waals surface area (Å²) in [5.74, 6) is -1.99. The van der Waals surface area contributed by atoms with E-state index in [1.54, 1.807) is 6.07 Å². The first-order valence-corrected chi connectivity index (χ1v) is 5.73. The van der Waals surface area contributed by atoms with Gasteiger partial charge >= 0.3 is 5.97 Å². The lowest BCUT2D eigenvalue weighted by Crippen LogP contribution is -2.06. The molecule has 1 aromatic carbocycles. The standard InChI is InChI=1S/C11H13FO3S/c1-7(5-6-13)16-9-4-2-3-8(12)10(9)11(14)15/h2-4,7,13H,5-6H2,1H3,(H,14,15).